The molecule has 0 amide bonds. The van der Waals surface area contributed by atoms with E-state index in [-0.39, 0.29) is 5.92 Å². The highest BCUT2D eigenvalue weighted by molar-refractivity contribution is 7.89. The molecule has 1 unspecified atom stereocenters. The molecule has 0 aliphatic carbocycles. The summed E-state index contributed by atoms with van der Waals surface area (Å²) in [7, 11) is -3.52. The van der Waals surface area contributed by atoms with Gasteiger partial charge in [-0.25, -0.2) is 8.42 Å². The van der Waals surface area contributed by atoms with E-state index in [1.54, 1.807) is 28.6 Å². The van der Waals surface area contributed by atoms with Crippen molar-refractivity contribution in [3.8, 4) is 0 Å². The topological polar surface area (TPSA) is 85.5 Å². The Bertz CT molecular complexity index is 877. The van der Waals surface area contributed by atoms with Gasteiger partial charge in [0.25, 0.3) is 0 Å². The summed E-state index contributed by atoms with van der Waals surface area (Å²) >= 11 is 0. The minimum atomic E-state index is -3.52. The summed E-state index contributed by atoms with van der Waals surface area (Å²) in [6, 6.07) is 8.58. The SMILES string of the molecule is CC1(c2noc(C3CCOCC3)n2)CCCN(S(=O)(=O)c2ccccc2)C1. The van der Waals surface area contributed by atoms with Crippen molar-refractivity contribution >= 4 is 10.0 Å². The van der Waals surface area contributed by atoms with Gasteiger partial charge in [0.2, 0.25) is 15.9 Å². The lowest BCUT2D eigenvalue weighted by Crippen LogP contribution is -2.47. The van der Waals surface area contributed by atoms with E-state index in [2.05, 4.69) is 10.1 Å². The van der Waals surface area contributed by atoms with Crippen molar-refractivity contribution in [1.29, 1.82) is 0 Å². The summed E-state index contributed by atoms with van der Waals surface area (Å²) in [5.41, 5.74) is -0.451. The van der Waals surface area contributed by atoms with Gasteiger partial charge in [0.15, 0.2) is 5.82 Å². The number of sulfonamides is 1. The van der Waals surface area contributed by atoms with E-state index in [1.165, 1.54) is 0 Å². The summed E-state index contributed by atoms with van der Waals surface area (Å²) in [4.78, 5) is 4.99. The number of hydrogen-bond donors (Lipinski definition) is 0. The van der Waals surface area contributed by atoms with Crippen molar-refractivity contribution in [3.63, 3.8) is 0 Å². The van der Waals surface area contributed by atoms with Crippen molar-refractivity contribution < 1.29 is 17.7 Å². The van der Waals surface area contributed by atoms with E-state index < -0.39 is 15.4 Å². The van der Waals surface area contributed by atoms with Crippen molar-refractivity contribution in [2.24, 2.45) is 0 Å². The number of aromatic nitrogens is 2. The number of benzene rings is 1. The molecule has 146 valence electrons. The van der Waals surface area contributed by atoms with Crippen LogP contribution in [-0.4, -0.2) is 49.2 Å². The molecule has 3 heterocycles. The Labute approximate surface area is 159 Å². The minimum Gasteiger partial charge on any atom is -0.381 e. The van der Waals surface area contributed by atoms with Crippen LogP contribution < -0.4 is 0 Å². The standard InChI is InChI=1S/C19H25N3O4S/c1-19(18-20-17(26-21-18)15-8-12-25-13-9-15)10-5-11-22(14-19)27(23,24)16-6-3-2-4-7-16/h2-4,6-7,15H,5,8-14H2,1H3. The first-order valence-electron chi connectivity index (χ1n) is 9.46. The Morgan fingerprint density at radius 2 is 1.93 bits per heavy atom. The summed E-state index contributed by atoms with van der Waals surface area (Å²) in [6.07, 6.45) is 3.37. The Morgan fingerprint density at radius 1 is 1.19 bits per heavy atom. The van der Waals surface area contributed by atoms with Gasteiger partial charge in [-0.3, -0.25) is 0 Å². The number of hydrogen-bond acceptors (Lipinski definition) is 6. The van der Waals surface area contributed by atoms with Crippen LogP contribution in [0.1, 0.15) is 50.2 Å². The van der Waals surface area contributed by atoms with Gasteiger partial charge in [-0.15, -0.1) is 0 Å². The predicted molar refractivity (Wildman–Crippen MR) is 98.9 cm³/mol. The molecule has 0 saturated carbocycles. The zero-order chi connectivity index (χ0) is 18.9. The highest BCUT2D eigenvalue weighted by atomic mass is 32.2. The minimum absolute atomic E-state index is 0.233. The molecule has 7 nitrogen and oxygen atoms in total. The predicted octanol–water partition coefficient (Wildman–Crippen LogP) is 2.71. The van der Waals surface area contributed by atoms with Gasteiger partial charge in [0.05, 0.1) is 4.90 Å². The Morgan fingerprint density at radius 3 is 2.67 bits per heavy atom. The van der Waals surface area contributed by atoms with Crippen LogP contribution in [0.4, 0.5) is 0 Å². The number of rotatable bonds is 4. The van der Waals surface area contributed by atoms with E-state index in [0.29, 0.717) is 42.9 Å². The fourth-order valence-electron chi connectivity index (χ4n) is 3.91. The van der Waals surface area contributed by atoms with Crippen LogP contribution in [0.3, 0.4) is 0 Å². The summed E-state index contributed by atoms with van der Waals surface area (Å²) in [5.74, 6) is 1.49. The van der Waals surface area contributed by atoms with Gasteiger partial charge in [-0.2, -0.15) is 9.29 Å². The lowest BCUT2D eigenvalue weighted by Gasteiger charge is -2.37. The van der Waals surface area contributed by atoms with Crippen LogP contribution in [0.5, 0.6) is 0 Å². The molecule has 0 N–H and O–H groups in total. The maximum Gasteiger partial charge on any atom is 0.243 e. The van der Waals surface area contributed by atoms with Crippen LogP contribution in [0, 0.1) is 0 Å². The average Bonchev–Trinajstić information content (AvgIpc) is 3.21. The molecule has 1 atom stereocenters. The van der Waals surface area contributed by atoms with Crippen LogP contribution in [0.2, 0.25) is 0 Å². The maximum absolute atomic E-state index is 13.0. The van der Waals surface area contributed by atoms with Crippen molar-refractivity contribution in [1.82, 2.24) is 14.4 Å². The summed E-state index contributed by atoms with van der Waals surface area (Å²) in [6.45, 7) is 4.32. The zero-order valence-corrected chi connectivity index (χ0v) is 16.3. The molecule has 2 saturated heterocycles. The van der Waals surface area contributed by atoms with E-state index >= 15 is 0 Å². The molecule has 27 heavy (non-hydrogen) atoms. The molecule has 2 fully saturated rings. The monoisotopic (exact) mass is 391 g/mol. The highest BCUT2D eigenvalue weighted by Crippen LogP contribution is 2.35. The smallest absolute Gasteiger partial charge is 0.243 e. The lowest BCUT2D eigenvalue weighted by molar-refractivity contribution is 0.0778. The van der Waals surface area contributed by atoms with E-state index in [0.717, 1.165) is 25.7 Å². The Kier molecular flexibility index (Phi) is 5.05. The van der Waals surface area contributed by atoms with E-state index in [9.17, 15) is 8.42 Å². The molecular formula is C19H25N3O4S. The van der Waals surface area contributed by atoms with Gasteiger partial charge < -0.3 is 9.26 Å². The molecule has 8 heteroatoms. The molecule has 0 bridgehead atoms. The fraction of sp³-hybridized carbons (Fsp3) is 0.579. The highest BCUT2D eigenvalue weighted by Gasteiger charge is 2.41. The largest absolute Gasteiger partial charge is 0.381 e. The molecule has 2 aliphatic heterocycles. The molecule has 0 spiro atoms. The van der Waals surface area contributed by atoms with Gasteiger partial charge in [-0.05, 0) is 37.8 Å². The number of nitrogens with zero attached hydrogens (tertiary/aromatic N) is 3. The third-order valence-corrected chi connectivity index (χ3v) is 7.45. The fourth-order valence-corrected chi connectivity index (χ4v) is 5.54. The normalized spacial score (nSPS) is 25.5. The van der Waals surface area contributed by atoms with Crippen molar-refractivity contribution in [3.05, 3.63) is 42.0 Å². The first-order valence-corrected chi connectivity index (χ1v) is 10.9. The third kappa shape index (κ3) is 3.66. The van der Waals surface area contributed by atoms with Gasteiger partial charge in [0, 0.05) is 37.6 Å². The van der Waals surface area contributed by atoms with Crippen molar-refractivity contribution in [2.45, 2.75) is 48.8 Å². The first kappa shape index (κ1) is 18.6. The zero-order valence-electron chi connectivity index (χ0n) is 15.5. The van der Waals surface area contributed by atoms with Gasteiger partial charge in [0.1, 0.15) is 0 Å². The Hall–Kier alpha value is -1.77. The summed E-state index contributed by atoms with van der Waals surface area (Å²) < 4.78 is 38.5. The van der Waals surface area contributed by atoms with Gasteiger partial charge in [-0.1, -0.05) is 30.3 Å². The van der Waals surface area contributed by atoms with E-state index in [1.807, 2.05) is 13.0 Å². The van der Waals surface area contributed by atoms with Gasteiger partial charge >= 0.3 is 0 Å². The van der Waals surface area contributed by atoms with E-state index in [4.69, 9.17) is 9.26 Å². The second kappa shape index (κ2) is 7.33. The average molecular weight is 391 g/mol. The molecule has 0 radical (unpaired) electrons. The number of piperidine rings is 1. The summed E-state index contributed by atoms with van der Waals surface area (Å²) in [5, 5.41) is 4.23. The van der Waals surface area contributed by atoms with Crippen LogP contribution in [0.25, 0.3) is 0 Å². The van der Waals surface area contributed by atoms with Crippen molar-refractivity contribution in [2.75, 3.05) is 26.3 Å². The van der Waals surface area contributed by atoms with Crippen LogP contribution in [-0.2, 0) is 20.2 Å². The molecule has 2 aromatic rings. The second-order valence-electron chi connectivity index (χ2n) is 7.66. The first-order chi connectivity index (χ1) is 13.0. The van der Waals surface area contributed by atoms with Crippen LogP contribution in [0.15, 0.2) is 39.8 Å². The molecule has 1 aromatic carbocycles. The quantitative estimate of drug-likeness (QED) is 0.797. The second-order valence-corrected chi connectivity index (χ2v) is 9.60. The number of ether oxygens (including phenoxy) is 1. The molecule has 1 aromatic heterocycles. The Balaban J connectivity index is 1.56. The third-order valence-electron chi connectivity index (χ3n) is 5.59. The molecular weight excluding hydrogens is 366 g/mol. The maximum atomic E-state index is 13.0. The van der Waals surface area contributed by atoms with Crippen LogP contribution >= 0.6 is 0 Å². The molecule has 4 rings (SSSR count). The molecule has 2 aliphatic rings. The lowest BCUT2D eigenvalue weighted by atomic mass is 9.82.